The first-order valence-electron chi connectivity index (χ1n) is 6.46. The van der Waals surface area contributed by atoms with Crippen LogP contribution in [0.3, 0.4) is 0 Å². The SMILES string of the molecule is CCSc1cccc(OCc2ccccc2)c1CN. The van der Waals surface area contributed by atoms with E-state index in [1.807, 2.05) is 30.3 Å². The van der Waals surface area contributed by atoms with Gasteiger partial charge in [-0.3, -0.25) is 0 Å². The lowest BCUT2D eigenvalue weighted by atomic mass is 10.2. The van der Waals surface area contributed by atoms with Crippen molar-refractivity contribution >= 4 is 11.8 Å². The molecule has 0 heterocycles. The fourth-order valence-corrected chi connectivity index (χ4v) is 2.75. The number of ether oxygens (including phenoxy) is 1. The number of nitrogens with two attached hydrogens (primary N) is 1. The van der Waals surface area contributed by atoms with Gasteiger partial charge in [-0.15, -0.1) is 11.8 Å². The van der Waals surface area contributed by atoms with Gasteiger partial charge in [0.05, 0.1) is 0 Å². The summed E-state index contributed by atoms with van der Waals surface area (Å²) in [6.45, 7) is 3.23. The van der Waals surface area contributed by atoms with Crippen molar-refractivity contribution in [1.29, 1.82) is 0 Å². The fourth-order valence-electron chi connectivity index (χ4n) is 1.91. The van der Waals surface area contributed by atoms with Crippen LogP contribution in [-0.4, -0.2) is 5.75 Å². The first-order chi connectivity index (χ1) is 9.35. The monoisotopic (exact) mass is 273 g/mol. The highest BCUT2D eigenvalue weighted by atomic mass is 32.2. The van der Waals surface area contributed by atoms with Crippen molar-refractivity contribution < 1.29 is 4.74 Å². The Morgan fingerprint density at radius 1 is 1.05 bits per heavy atom. The van der Waals surface area contributed by atoms with E-state index in [9.17, 15) is 0 Å². The molecule has 0 spiro atoms. The quantitative estimate of drug-likeness (QED) is 0.812. The van der Waals surface area contributed by atoms with Gasteiger partial charge in [0.15, 0.2) is 0 Å². The summed E-state index contributed by atoms with van der Waals surface area (Å²) >= 11 is 1.80. The van der Waals surface area contributed by atoms with E-state index in [4.69, 9.17) is 10.5 Å². The van der Waals surface area contributed by atoms with Crippen molar-refractivity contribution in [2.24, 2.45) is 5.73 Å². The Labute approximate surface area is 119 Å². The highest BCUT2D eigenvalue weighted by molar-refractivity contribution is 7.99. The van der Waals surface area contributed by atoms with Crippen LogP contribution in [0.1, 0.15) is 18.1 Å². The molecule has 0 aliphatic rings. The molecule has 0 atom stereocenters. The molecule has 0 radical (unpaired) electrons. The summed E-state index contributed by atoms with van der Waals surface area (Å²) in [7, 11) is 0. The van der Waals surface area contributed by atoms with Gasteiger partial charge in [0, 0.05) is 17.0 Å². The van der Waals surface area contributed by atoms with Crippen LogP contribution in [0.15, 0.2) is 53.4 Å². The zero-order valence-electron chi connectivity index (χ0n) is 11.1. The van der Waals surface area contributed by atoms with Crippen LogP contribution in [0.5, 0.6) is 5.75 Å². The van der Waals surface area contributed by atoms with Crippen LogP contribution in [-0.2, 0) is 13.2 Å². The van der Waals surface area contributed by atoms with Gasteiger partial charge in [-0.1, -0.05) is 43.3 Å². The van der Waals surface area contributed by atoms with Crippen molar-refractivity contribution in [2.75, 3.05) is 5.75 Å². The van der Waals surface area contributed by atoms with E-state index in [2.05, 4.69) is 25.1 Å². The lowest BCUT2D eigenvalue weighted by Crippen LogP contribution is -2.04. The molecule has 3 heteroatoms. The van der Waals surface area contributed by atoms with E-state index < -0.39 is 0 Å². The first kappa shape index (κ1) is 14.0. The molecule has 2 aromatic carbocycles. The third-order valence-electron chi connectivity index (χ3n) is 2.83. The zero-order valence-corrected chi connectivity index (χ0v) is 12.0. The smallest absolute Gasteiger partial charge is 0.125 e. The average molecular weight is 273 g/mol. The maximum Gasteiger partial charge on any atom is 0.125 e. The molecule has 0 aliphatic carbocycles. The lowest BCUT2D eigenvalue weighted by molar-refractivity contribution is 0.302. The molecule has 0 aromatic heterocycles. The number of thioether (sulfide) groups is 1. The van der Waals surface area contributed by atoms with Gasteiger partial charge in [0.1, 0.15) is 12.4 Å². The summed E-state index contributed by atoms with van der Waals surface area (Å²) in [5.74, 6) is 1.93. The highest BCUT2D eigenvalue weighted by Crippen LogP contribution is 2.30. The molecule has 2 aromatic rings. The predicted octanol–water partition coefficient (Wildman–Crippen LogP) is 3.84. The number of hydrogen-bond donors (Lipinski definition) is 1. The summed E-state index contributed by atoms with van der Waals surface area (Å²) in [5.41, 5.74) is 8.13. The summed E-state index contributed by atoms with van der Waals surface area (Å²) in [6, 6.07) is 16.3. The maximum absolute atomic E-state index is 5.91. The van der Waals surface area contributed by atoms with Crippen LogP contribution >= 0.6 is 11.8 Å². The van der Waals surface area contributed by atoms with E-state index in [0.29, 0.717) is 13.2 Å². The Balaban J connectivity index is 2.13. The van der Waals surface area contributed by atoms with E-state index in [1.165, 1.54) is 10.5 Å². The molecule has 0 saturated carbocycles. The minimum Gasteiger partial charge on any atom is -0.489 e. The highest BCUT2D eigenvalue weighted by Gasteiger charge is 2.08. The van der Waals surface area contributed by atoms with Crippen molar-refractivity contribution in [2.45, 2.75) is 25.0 Å². The van der Waals surface area contributed by atoms with Crippen molar-refractivity contribution in [3.8, 4) is 5.75 Å². The Bertz CT molecular complexity index is 513. The van der Waals surface area contributed by atoms with Crippen molar-refractivity contribution in [3.05, 3.63) is 59.7 Å². The molecule has 2 nitrogen and oxygen atoms in total. The Morgan fingerprint density at radius 3 is 2.53 bits per heavy atom. The summed E-state index contributed by atoms with van der Waals surface area (Å²) in [5, 5.41) is 0. The molecule has 19 heavy (non-hydrogen) atoms. The minimum absolute atomic E-state index is 0.507. The number of hydrogen-bond acceptors (Lipinski definition) is 3. The van der Waals surface area contributed by atoms with Crippen LogP contribution < -0.4 is 10.5 Å². The Hall–Kier alpha value is -1.45. The molecule has 0 unspecified atom stereocenters. The van der Waals surface area contributed by atoms with Gasteiger partial charge in [-0.25, -0.2) is 0 Å². The third kappa shape index (κ3) is 3.75. The van der Waals surface area contributed by atoms with Gasteiger partial charge in [0.25, 0.3) is 0 Å². The molecular formula is C16H19NOS. The normalized spacial score (nSPS) is 10.4. The summed E-state index contributed by atoms with van der Waals surface area (Å²) in [4.78, 5) is 1.22. The van der Waals surface area contributed by atoms with Gasteiger partial charge >= 0.3 is 0 Å². The molecule has 0 fully saturated rings. The molecular weight excluding hydrogens is 254 g/mol. The summed E-state index contributed by atoms with van der Waals surface area (Å²) in [6.07, 6.45) is 0. The third-order valence-corrected chi connectivity index (χ3v) is 3.81. The van der Waals surface area contributed by atoms with E-state index in [1.54, 1.807) is 11.8 Å². The van der Waals surface area contributed by atoms with E-state index in [-0.39, 0.29) is 0 Å². The first-order valence-corrected chi connectivity index (χ1v) is 7.45. The van der Waals surface area contributed by atoms with Crippen molar-refractivity contribution in [1.82, 2.24) is 0 Å². The maximum atomic E-state index is 5.91. The molecule has 2 N–H and O–H groups in total. The zero-order chi connectivity index (χ0) is 13.5. The lowest BCUT2D eigenvalue weighted by Gasteiger charge is -2.13. The van der Waals surface area contributed by atoms with Gasteiger partial charge in [-0.2, -0.15) is 0 Å². The van der Waals surface area contributed by atoms with Gasteiger partial charge in [-0.05, 0) is 23.4 Å². The van der Waals surface area contributed by atoms with Crippen LogP contribution in [0, 0.1) is 0 Å². The average Bonchev–Trinajstić information content (AvgIpc) is 2.46. The number of benzene rings is 2. The largest absolute Gasteiger partial charge is 0.489 e. The second-order valence-electron chi connectivity index (χ2n) is 4.14. The van der Waals surface area contributed by atoms with E-state index >= 15 is 0 Å². The second kappa shape index (κ2) is 7.22. The standard InChI is InChI=1S/C16H19NOS/c1-2-19-16-10-6-9-15(14(16)11-17)18-12-13-7-4-3-5-8-13/h3-10H,2,11-12,17H2,1H3. The topological polar surface area (TPSA) is 35.2 Å². The Kier molecular flexibility index (Phi) is 5.31. The van der Waals surface area contributed by atoms with E-state index in [0.717, 1.165) is 17.1 Å². The van der Waals surface area contributed by atoms with Gasteiger partial charge < -0.3 is 10.5 Å². The molecule has 0 aliphatic heterocycles. The summed E-state index contributed by atoms with van der Waals surface area (Å²) < 4.78 is 5.91. The predicted molar refractivity (Wildman–Crippen MR) is 81.5 cm³/mol. The minimum atomic E-state index is 0.507. The fraction of sp³-hybridized carbons (Fsp3) is 0.250. The molecule has 100 valence electrons. The van der Waals surface area contributed by atoms with Crippen LogP contribution in [0.25, 0.3) is 0 Å². The number of rotatable bonds is 6. The molecule has 0 saturated heterocycles. The molecule has 0 bridgehead atoms. The Morgan fingerprint density at radius 2 is 1.84 bits per heavy atom. The van der Waals surface area contributed by atoms with Crippen LogP contribution in [0.2, 0.25) is 0 Å². The van der Waals surface area contributed by atoms with Crippen molar-refractivity contribution in [3.63, 3.8) is 0 Å². The second-order valence-corrected chi connectivity index (χ2v) is 5.45. The molecule has 0 amide bonds. The van der Waals surface area contributed by atoms with Gasteiger partial charge in [0.2, 0.25) is 0 Å². The van der Waals surface area contributed by atoms with Crippen LogP contribution in [0.4, 0.5) is 0 Å². The molecule has 2 rings (SSSR count).